The van der Waals surface area contributed by atoms with E-state index in [0.717, 1.165) is 26.4 Å². The Bertz CT molecular complexity index is 1250. The number of aromatic nitrogens is 1. The third kappa shape index (κ3) is 4.71. The van der Waals surface area contributed by atoms with Crippen molar-refractivity contribution in [3.63, 3.8) is 0 Å². The average Bonchev–Trinajstić information content (AvgIpc) is 3.42. The van der Waals surface area contributed by atoms with Gasteiger partial charge >= 0.3 is 12.1 Å². The van der Waals surface area contributed by atoms with Crippen LogP contribution in [-0.4, -0.2) is 21.5 Å². The van der Waals surface area contributed by atoms with E-state index in [1.54, 1.807) is 12.1 Å². The second-order valence-corrected chi connectivity index (χ2v) is 8.96. The van der Waals surface area contributed by atoms with Gasteiger partial charge in [0, 0.05) is 4.88 Å². The number of carboxylic acid groups (broad SMARTS) is 1. The van der Waals surface area contributed by atoms with Crippen molar-refractivity contribution in [3.05, 3.63) is 82.9 Å². The van der Waals surface area contributed by atoms with E-state index in [1.807, 2.05) is 68.4 Å². The number of nitrogens with one attached hydrogen (secondary N) is 1. The van der Waals surface area contributed by atoms with Crippen LogP contribution >= 0.6 is 22.9 Å². The highest BCUT2D eigenvalue weighted by Crippen LogP contribution is 2.37. The lowest BCUT2D eigenvalue weighted by Gasteiger charge is -2.14. The maximum atomic E-state index is 12.5. The van der Waals surface area contributed by atoms with Gasteiger partial charge in [-0.3, -0.25) is 5.32 Å². The van der Waals surface area contributed by atoms with Gasteiger partial charge in [-0.05, 0) is 54.2 Å². The molecule has 1 amide bonds. The Morgan fingerprint density at radius 3 is 2.34 bits per heavy atom. The number of hydrogen-bond acceptors (Lipinski definition) is 6. The number of carboxylic acids is 1. The molecule has 6 nitrogen and oxygen atoms in total. The molecular weight excluding hydrogens is 444 g/mol. The van der Waals surface area contributed by atoms with E-state index in [-0.39, 0.29) is 6.10 Å². The molecule has 2 heterocycles. The Balaban J connectivity index is 1.50. The van der Waals surface area contributed by atoms with E-state index in [4.69, 9.17) is 9.84 Å². The summed E-state index contributed by atoms with van der Waals surface area (Å²) in [4.78, 5) is 25.7. The largest absolute Gasteiger partial charge is 0.477 e. The molecule has 1 atom stereocenters. The van der Waals surface area contributed by atoms with E-state index in [0.29, 0.717) is 16.3 Å². The highest BCUT2D eigenvalue weighted by atomic mass is 32.1. The minimum atomic E-state index is -0.929. The van der Waals surface area contributed by atoms with Gasteiger partial charge in [-0.15, -0.1) is 11.3 Å². The molecule has 2 N–H and O–H groups in total. The lowest BCUT2D eigenvalue weighted by atomic mass is 10.1. The van der Waals surface area contributed by atoms with Crippen LogP contribution in [0.4, 0.5) is 10.5 Å². The minimum Gasteiger partial charge on any atom is -0.477 e. The second-order valence-electron chi connectivity index (χ2n) is 7.10. The fourth-order valence-electron chi connectivity index (χ4n) is 3.19. The summed E-state index contributed by atoms with van der Waals surface area (Å²) < 4.78 is 9.93. The fraction of sp³-hybridized carbons (Fsp3) is 0.125. The number of carbonyl (C=O) groups is 2. The number of benzene rings is 2. The normalized spacial score (nSPS) is 11.7. The SMILES string of the molecule is Cc1nsc(-c2ccc(-c3ccc(C(=O)O)s3)cc2)c1NC(=O)O[C@H](C)c1ccccc1. The first-order valence-corrected chi connectivity index (χ1v) is 11.4. The Morgan fingerprint density at radius 1 is 1.00 bits per heavy atom. The summed E-state index contributed by atoms with van der Waals surface area (Å²) >= 11 is 2.53. The number of aromatic carboxylic acids is 1. The van der Waals surface area contributed by atoms with Crippen molar-refractivity contribution >= 4 is 40.6 Å². The molecule has 0 aliphatic heterocycles. The van der Waals surface area contributed by atoms with Crippen LogP contribution in [0.3, 0.4) is 0 Å². The Labute approximate surface area is 193 Å². The van der Waals surface area contributed by atoms with Crippen LogP contribution in [0.1, 0.15) is 34.0 Å². The number of ether oxygens (including phenoxy) is 1. The van der Waals surface area contributed by atoms with Crippen molar-refractivity contribution in [2.24, 2.45) is 0 Å². The molecule has 0 unspecified atom stereocenters. The molecule has 8 heteroatoms. The number of aryl methyl sites for hydroxylation is 1. The fourth-order valence-corrected chi connectivity index (χ4v) is 4.89. The van der Waals surface area contributed by atoms with E-state index >= 15 is 0 Å². The second kappa shape index (κ2) is 9.33. The van der Waals surface area contributed by atoms with E-state index < -0.39 is 12.1 Å². The van der Waals surface area contributed by atoms with E-state index in [9.17, 15) is 9.59 Å². The summed E-state index contributed by atoms with van der Waals surface area (Å²) in [6, 6.07) is 20.7. The molecule has 32 heavy (non-hydrogen) atoms. The first kappa shape index (κ1) is 21.7. The number of hydrogen-bond donors (Lipinski definition) is 2. The number of amides is 1. The molecule has 2 aromatic heterocycles. The third-order valence-electron chi connectivity index (χ3n) is 4.89. The molecule has 162 valence electrons. The standard InChI is InChI=1S/C24H20N2O4S2/c1-14-21(25-24(29)30-15(2)16-6-4-3-5-7-16)22(32-26-14)18-10-8-17(9-11-18)19-12-13-20(31-19)23(27)28/h3-13,15H,1-2H3,(H,25,29)(H,27,28)/t15-/m1/s1. The molecule has 0 fully saturated rings. The summed E-state index contributed by atoms with van der Waals surface area (Å²) in [7, 11) is 0. The summed E-state index contributed by atoms with van der Waals surface area (Å²) in [6.07, 6.45) is -0.922. The van der Waals surface area contributed by atoms with Gasteiger partial charge in [0.25, 0.3) is 0 Å². The van der Waals surface area contributed by atoms with Crippen molar-refractivity contribution in [1.29, 1.82) is 0 Å². The molecule has 4 aromatic rings. The van der Waals surface area contributed by atoms with Gasteiger partial charge in [0.2, 0.25) is 0 Å². The predicted molar refractivity (Wildman–Crippen MR) is 128 cm³/mol. The Hall–Kier alpha value is -3.49. The molecule has 0 saturated carbocycles. The molecule has 0 aliphatic carbocycles. The summed E-state index contributed by atoms with van der Waals surface area (Å²) in [5.74, 6) is -0.929. The van der Waals surface area contributed by atoms with Crippen molar-refractivity contribution in [1.82, 2.24) is 4.37 Å². The van der Waals surface area contributed by atoms with Crippen molar-refractivity contribution in [3.8, 4) is 20.9 Å². The van der Waals surface area contributed by atoms with E-state index in [2.05, 4.69) is 9.69 Å². The Kier molecular flexibility index (Phi) is 6.34. The number of carbonyl (C=O) groups excluding carboxylic acids is 1. The molecule has 2 aromatic carbocycles. The molecular formula is C24H20N2O4S2. The average molecular weight is 465 g/mol. The smallest absolute Gasteiger partial charge is 0.412 e. The molecule has 0 radical (unpaired) electrons. The zero-order chi connectivity index (χ0) is 22.7. The lowest BCUT2D eigenvalue weighted by molar-refractivity contribution is 0.0702. The summed E-state index contributed by atoms with van der Waals surface area (Å²) in [6.45, 7) is 3.66. The third-order valence-corrected chi connectivity index (χ3v) is 7.00. The minimum absolute atomic E-state index is 0.303. The zero-order valence-electron chi connectivity index (χ0n) is 17.4. The molecule has 4 rings (SSSR count). The highest BCUT2D eigenvalue weighted by Gasteiger charge is 2.18. The quantitative estimate of drug-likeness (QED) is 0.326. The van der Waals surface area contributed by atoms with E-state index in [1.165, 1.54) is 22.9 Å². The first-order valence-electron chi connectivity index (χ1n) is 9.85. The predicted octanol–water partition coefficient (Wildman–Crippen LogP) is 6.85. The van der Waals surface area contributed by atoms with Crippen LogP contribution in [0.25, 0.3) is 20.9 Å². The van der Waals surface area contributed by atoms with Gasteiger partial charge in [0.05, 0.1) is 16.3 Å². The van der Waals surface area contributed by atoms with Crippen molar-refractivity contribution in [2.45, 2.75) is 20.0 Å². The topological polar surface area (TPSA) is 88.5 Å². The summed E-state index contributed by atoms with van der Waals surface area (Å²) in [5, 5.41) is 12.0. The number of rotatable bonds is 6. The van der Waals surface area contributed by atoms with Gasteiger partial charge < -0.3 is 9.84 Å². The van der Waals surface area contributed by atoms with Gasteiger partial charge in [-0.1, -0.05) is 54.6 Å². The first-order chi connectivity index (χ1) is 15.4. The summed E-state index contributed by atoms with van der Waals surface area (Å²) in [5.41, 5.74) is 4.08. The maximum Gasteiger partial charge on any atom is 0.412 e. The van der Waals surface area contributed by atoms with Gasteiger partial charge in [-0.25, -0.2) is 9.59 Å². The van der Waals surface area contributed by atoms with Crippen LogP contribution in [0.15, 0.2) is 66.7 Å². The van der Waals surface area contributed by atoms with Gasteiger partial charge in [0.1, 0.15) is 11.0 Å². The van der Waals surface area contributed by atoms with Crippen LogP contribution in [0.2, 0.25) is 0 Å². The van der Waals surface area contributed by atoms with Crippen LogP contribution < -0.4 is 5.32 Å². The lowest BCUT2D eigenvalue weighted by Crippen LogP contribution is -2.16. The molecule has 0 saturated heterocycles. The van der Waals surface area contributed by atoms with Gasteiger partial charge in [-0.2, -0.15) is 4.37 Å². The Morgan fingerprint density at radius 2 is 1.69 bits per heavy atom. The number of nitrogens with zero attached hydrogens (tertiary/aromatic N) is 1. The highest BCUT2D eigenvalue weighted by molar-refractivity contribution is 7.17. The van der Waals surface area contributed by atoms with Crippen molar-refractivity contribution in [2.75, 3.05) is 5.32 Å². The van der Waals surface area contributed by atoms with Crippen LogP contribution in [-0.2, 0) is 4.74 Å². The van der Waals surface area contributed by atoms with Crippen LogP contribution in [0.5, 0.6) is 0 Å². The maximum absolute atomic E-state index is 12.5. The monoisotopic (exact) mass is 464 g/mol. The van der Waals surface area contributed by atoms with Crippen LogP contribution in [0, 0.1) is 6.92 Å². The molecule has 0 spiro atoms. The number of anilines is 1. The molecule has 0 aliphatic rings. The number of thiophene rings is 1. The molecule has 0 bridgehead atoms. The zero-order valence-corrected chi connectivity index (χ0v) is 19.0. The van der Waals surface area contributed by atoms with Gasteiger partial charge in [0.15, 0.2) is 0 Å². The van der Waals surface area contributed by atoms with Crippen molar-refractivity contribution < 1.29 is 19.4 Å².